The van der Waals surface area contributed by atoms with E-state index in [9.17, 15) is 0 Å². The molecule has 0 saturated carbocycles. The van der Waals surface area contributed by atoms with Gasteiger partial charge in [0, 0.05) is 27.9 Å². The quantitative estimate of drug-likeness (QED) is 0.601. The summed E-state index contributed by atoms with van der Waals surface area (Å²) in [5, 5.41) is 0. The van der Waals surface area contributed by atoms with Gasteiger partial charge in [-0.1, -0.05) is 6.92 Å². The van der Waals surface area contributed by atoms with Gasteiger partial charge >= 0.3 is 8.80 Å². The predicted molar refractivity (Wildman–Crippen MR) is 61.2 cm³/mol. The van der Waals surface area contributed by atoms with Gasteiger partial charge in [0.05, 0.1) is 12.7 Å². The summed E-state index contributed by atoms with van der Waals surface area (Å²) in [5.41, 5.74) is -0.128. The summed E-state index contributed by atoms with van der Waals surface area (Å²) >= 11 is 0. The van der Waals surface area contributed by atoms with Crippen LogP contribution in [0.2, 0.25) is 0 Å². The van der Waals surface area contributed by atoms with Crippen molar-refractivity contribution in [3.05, 3.63) is 0 Å². The van der Waals surface area contributed by atoms with E-state index in [-0.39, 0.29) is 11.8 Å². The Bertz CT molecular complexity index is 185. The Morgan fingerprint density at radius 1 is 1.25 bits per heavy atom. The molecule has 2 atom stereocenters. The fourth-order valence-electron chi connectivity index (χ4n) is 1.75. The van der Waals surface area contributed by atoms with E-state index in [4.69, 9.17) is 22.8 Å². The molecule has 1 aliphatic rings. The van der Waals surface area contributed by atoms with Gasteiger partial charge in [-0.25, -0.2) is 0 Å². The second-order valence-electron chi connectivity index (χ2n) is 3.73. The fraction of sp³-hybridized carbons (Fsp3) is 1.00. The van der Waals surface area contributed by atoms with Crippen LogP contribution in [0.3, 0.4) is 0 Å². The van der Waals surface area contributed by atoms with Crippen LogP contribution < -0.4 is 0 Å². The van der Waals surface area contributed by atoms with Gasteiger partial charge in [0.25, 0.3) is 0 Å². The zero-order valence-corrected chi connectivity index (χ0v) is 11.5. The zero-order chi connectivity index (χ0) is 12.0. The van der Waals surface area contributed by atoms with E-state index in [1.165, 1.54) is 0 Å². The summed E-state index contributed by atoms with van der Waals surface area (Å²) in [7, 11) is 2.13. The summed E-state index contributed by atoms with van der Waals surface area (Å²) in [6.07, 6.45) is 2.10. The topological polar surface area (TPSA) is 46.2 Å². The maximum absolute atomic E-state index is 5.80. The average Bonchev–Trinajstić information content (AvgIpc) is 2.27. The average molecular weight is 250 g/mol. The van der Waals surface area contributed by atoms with Gasteiger partial charge in [0.1, 0.15) is 5.73 Å². The molecule has 0 spiro atoms. The van der Waals surface area contributed by atoms with Crippen molar-refractivity contribution in [3.8, 4) is 0 Å². The molecule has 1 saturated heterocycles. The van der Waals surface area contributed by atoms with Crippen LogP contribution in [0, 0.1) is 0 Å². The molecule has 0 radical (unpaired) electrons. The van der Waals surface area contributed by atoms with Gasteiger partial charge in [0.15, 0.2) is 0 Å². The SMILES string of the molecule is CCC(OCC1CCO1)[Si](OC)(OC)OC. The maximum atomic E-state index is 5.80. The van der Waals surface area contributed by atoms with E-state index in [0.717, 1.165) is 19.4 Å². The van der Waals surface area contributed by atoms with Gasteiger partial charge < -0.3 is 22.8 Å². The van der Waals surface area contributed by atoms with Crippen molar-refractivity contribution in [1.29, 1.82) is 0 Å². The number of ether oxygens (including phenoxy) is 2. The monoisotopic (exact) mass is 250 g/mol. The third-order valence-electron chi connectivity index (χ3n) is 2.90. The Balaban J connectivity index is 2.47. The molecule has 1 heterocycles. The smallest absolute Gasteiger partial charge is 0.376 e. The largest absolute Gasteiger partial charge is 0.530 e. The van der Waals surface area contributed by atoms with Crippen LogP contribution in [0.15, 0.2) is 0 Å². The molecule has 0 aliphatic carbocycles. The molecule has 0 N–H and O–H groups in total. The minimum atomic E-state index is -2.68. The summed E-state index contributed by atoms with van der Waals surface area (Å²) in [4.78, 5) is 0. The number of hydrogen-bond donors (Lipinski definition) is 0. The lowest BCUT2D eigenvalue weighted by molar-refractivity contribution is -0.108. The fourth-order valence-corrected chi connectivity index (χ4v) is 3.84. The van der Waals surface area contributed by atoms with E-state index in [1.54, 1.807) is 21.3 Å². The van der Waals surface area contributed by atoms with Gasteiger partial charge in [0.2, 0.25) is 0 Å². The molecule has 16 heavy (non-hydrogen) atoms. The molecule has 1 aliphatic heterocycles. The lowest BCUT2D eigenvalue weighted by Crippen LogP contribution is -2.56. The molecule has 96 valence electrons. The van der Waals surface area contributed by atoms with Gasteiger partial charge in [-0.3, -0.25) is 0 Å². The molecular formula is C10H22O5Si. The Morgan fingerprint density at radius 2 is 1.81 bits per heavy atom. The van der Waals surface area contributed by atoms with E-state index in [1.807, 2.05) is 6.92 Å². The second-order valence-corrected chi connectivity index (χ2v) is 6.80. The van der Waals surface area contributed by atoms with Crippen LogP contribution in [-0.4, -0.2) is 55.2 Å². The summed E-state index contributed by atoms with van der Waals surface area (Å²) < 4.78 is 27.3. The third kappa shape index (κ3) is 3.03. The van der Waals surface area contributed by atoms with E-state index in [0.29, 0.717) is 6.61 Å². The van der Waals surface area contributed by atoms with Gasteiger partial charge in [-0.2, -0.15) is 0 Å². The molecule has 0 aromatic carbocycles. The van der Waals surface area contributed by atoms with E-state index >= 15 is 0 Å². The van der Waals surface area contributed by atoms with E-state index in [2.05, 4.69) is 0 Å². The highest BCUT2D eigenvalue weighted by atomic mass is 28.4. The standard InChI is InChI=1S/C10H22O5Si/c1-5-10(15-8-9-6-7-14-9)16(11-2,12-3)13-4/h9-10H,5-8H2,1-4H3. The van der Waals surface area contributed by atoms with Gasteiger partial charge in [-0.05, 0) is 12.8 Å². The highest BCUT2D eigenvalue weighted by Gasteiger charge is 2.48. The first-order valence-corrected chi connectivity index (χ1v) is 7.41. The molecule has 0 aromatic rings. The first kappa shape index (κ1) is 14.1. The normalized spacial score (nSPS) is 22.9. The molecular weight excluding hydrogens is 228 g/mol. The van der Waals surface area contributed by atoms with Crippen molar-refractivity contribution >= 4 is 8.80 Å². The van der Waals surface area contributed by atoms with Crippen molar-refractivity contribution in [2.45, 2.75) is 31.6 Å². The van der Waals surface area contributed by atoms with Crippen LogP contribution in [-0.2, 0) is 22.8 Å². The summed E-state index contributed by atoms with van der Waals surface area (Å²) in [6, 6.07) is 0. The molecule has 0 amide bonds. The number of rotatable bonds is 8. The Kier molecular flexibility index (Phi) is 5.88. The van der Waals surface area contributed by atoms with Crippen LogP contribution in [0.5, 0.6) is 0 Å². The summed E-state index contributed by atoms with van der Waals surface area (Å²) in [6.45, 7) is 3.46. The summed E-state index contributed by atoms with van der Waals surface area (Å²) in [5.74, 6) is 0. The first-order chi connectivity index (χ1) is 7.72. The molecule has 2 unspecified atom stereocenters. The maximum Gasteiger partial charge on any atom is 0.530 e. The second kappa shape index (κ2) is 6.68. The van der Waals surface area contributed by atoms with Crippen molar-refractivity contribution < 1.29 is 22.8 Å². The Labute approximate surface area is 98.3 Å². The number of hydrogen-bond acceptors (Lipinski definition) is 5. The van der Waals surface area contributed by atoms with Crippen LogP contribution in [0.4, 0.5) is 0 Å². The van der Waals surface area contributed by atoms with Crippen LogP contribution in [0.1, 0.15) is 19.8 Å². The van der Waals surface area contributed by atoms with Crippen molar-refractivity contribution in [1.82, 2.24) is 0 Å². The highest BCUT2D eigenvalue weighted by molar-refractivity contribution is 6.62. The zero-order valence-electron chi connectivity index (χ0n) is 10.5. The van der Waals surface area contributed by atoms with Crippen molar-refractivity contribution in [3.63, 3.8) is 0 Å². The minimum Gasteiger partial charge on any atom is -0.376 e. The minimum absolute atomic E-state index is 0.128. The van der Waals surface area contributed by atoms with Crippen LogP contribution in [0.25, 0.3) is 0 Å². The molecule has 5 nitrogen and oxygen atoms in total. The van der Waals surface area contributed by atoms with Gasteiger partial charge in [-0.15, -0.1) is 0 Å². The molecule has 0 bridgehead atoms. The Hall–Kier alpha value is 0.0169. The molecule has 1 fully saturated rings. The van der Waals surface area contributed by atoms with Crippen molar-refractivity contribution in [2.75, 3.05) is 34.5 Å². The molecule has 0 aromatic heterocycles. The molecule has 1 rings (SSSR count). The Morgan fingerprint density at radius 3 is 2.12 bits per heavy atom. The van der Waals surface area contributed by atoms with Crippen molar-refractivity contribution in [2.24, 2.45) is 0 Å². The highest BCUT2D eigenvalue weighted by Crippen LogP contribution is 2.20. The molecule has 6 heteroatoms. The lowest BCUT2D eigenvalue weighted by atomic mass is 10.2. The lowest BCUT2D eigenvalue weighted by Gasteiger charge is -2.34. The third-order valence-corrected chi connectivity index (χ3v) is 5.97. The first-order valence-electron chi connectivity index (χ1n) is 5.61. The predicted octanol–water partition coefficient (Wildman–Crippen LogP) is 0.988. The van der Waals surface area contributed by atoms with Crippen LogP contribution >= 0.6 is 0 Å². The van der Waals surface area contributed by atoms with E-state index < -0.39 is 8.80 Å².